The van der Waals surface area contributed by atoms with Crippen molar-refractivity contribution in [2.45, 2.75) is 45.8 Å². The van der Waals surface area contributed by atoms with Crippen molar-refractivity contribution in [3.8, 4) is 0 Å². The van der Waals surface area contributed by atoms with Crippen molar-refractivity contribution in [1.82, 2.24) is 19.7 Å². The van der Waals surface area contributed by atoms with E-state index >= 15 is 0 Å². The van der Waals surface area contributed by atoms with Crippen LogP contribution in [-0.4, -0.2) is 44.7 Å². The number of aryl methyl sites for hydroxylation is 1. The third kappa shape index (κ3) is 2.41. The molecule has 6 heteroatoms. The topological polar surface area (TPSA) is 54.3 Å². The second-order valence-corrected chi connectivity index (χ2v) is 6.55. The van der Waals surface area contributed by atoms with E-state index in [9.17, 15) is 4.79 Å². The van der Waals surface area contributed by atoms with Crippen LogP contribution in [0.1, 0.15) is 31.1 Å². The molecular weight excluding hydrogens is 302 g/mol. The minimum absolute atomic E-state index is 0.147. The highest BCUT2D eigenvalue weighted by Crippen LogP contribution is 2.29. The Labute approximate surface area is 142 Å². The third-order valence-corrected chi connectivity index (χ3v) is 5.23. The molecule has 0 saturated heterocycles. The van der Waals surface area contributed by atoms with Crippen LogP contribution in [0.2, 0.25) is 0 Å². The molecule has 24 heavy (non-hydrogen) atoms. The molecule has 0 saturated carbocycles. The number of anilines is 1. The molecule has 2 aliphatic rings. The highest BCUT2D eigenvalue weighted by atomic mass is 16.2. The second-order valence-electron chi connectivity index (χ2n) is 6.55. The third-order valence-electron chi connectivity index (χ3n) is 5.23. The van der Waals surface area contributed by atoms with Gasteiger partial charge in [-0.2, -0.15) is 0 Å². The lowest BCUT2D eigenvalue weighted by Crippen LogP contribution is -2.49. The summed E-state index contributed by atoms with van der Waals surface area (Å²) < 4.78 is 2.19. The molecule has 1 atom stereocenters. The zero-order valence-corrected chi connectivity index (χ0v) is 14.3. The molecule has 126 valence electrons. The molecule has 0 fully saturated rings. The largest absolute Gasteiger partial charge is 0.313 e. The van der Waals surface area contributed by atoms with E-state index in [0.29, 0.717) is 6.54 Å². The first kappa shape index (κ1) is 15.3. The number of amides is 1. The number of rotatable bonds is 3. The molecule has 0 N–H and O–H groups in total. The number of carbonyl (C=O) groups excluding carboxylic acids is 1. The molecule has 0 spiro atoms. The van der Waals surface area contributed by atoms with Crippen LogP contribution in [0.5, 0.6) is 0 Å². The Morgan fingerprint density at radius 3 is 2.88 bits per heavy atom. The van der Waals surface area contributed by atoms with Gasteiger partial charge >= 0.3 is 0 Å². The summed E-state index contributed by atoms with van der Waals surface area (Å²) in [6, 6.07) is 8.06. The van der Waals surface area contributed by atoms with Gasteiger partial charge in [-0.15, -0.1) is 10.2 Å². The summed E-state index contributed by atoms with van der Waals surface area (Å²) in [7, 11) is 0. The summed E-state index contributed by atoms with van der Waals surface area (Å²) in [6.45, 7) is 7.30. The van der Waals surface area contributed by atoms with E-state index < -0.39 is 0 Å². The van der Waals surface area contributed by atoms with E-state index in [4.69, 9.17) is 0 Å². The smallest absolute Gasteiger partial charge is 0.244 e. The average Bonchev–Trinajstić information content (AvgIpc) is 3.23. The highest BCUT2D eigenvalue weighted by molar-refractivity contribution is 5.98. The maximum Gasteiger partial charge on any atom is 0.244 e. The van der Waals surface area contributed by atoms with E-state index in [-0.39, 0.29) is 11.9 Å². The number of carbonyl (C=O) groups is 1. The Kier molecular flexibility index (Phi) is 3.84. The minimum atomic E-state index is -0.147. The standard InChI is InChI=1S/C18H23N5O/c1-3-16-19-20-17-12-21(10-11-23(16)17)13(2)18(24)22-9-8-14-6-4-5-7-15(14)22/h4-7,13H,3,8-12H2,1-2H3. The molecule has 4 rings (SSSR count). The van der Waals surface area contributed by atoms with Crippen molar-refractivity contribution in [3.05, 3.63) is 41.5 Å². The molecular formula is C18H23N5O. The van der Waals surface area contributed by atoms with Crippen molar-refractivity contribution in [2.24, 2.45) is 0 Å². The van der Waals surface area contributed by atoms with Gasteiger partial charge in [0.2, 0.25) is 5.91 Å². The zero-order chi connectivity index (χ0) is 16.7. The molecule has 3 heterocycles. The van der Waals surface area contributed by atoms with Gasteiger partial charge in [0, 0.05) is 31.7 Å². The van der Waals surface area contributed by atoms with Gasteiger partial charge < -0.3 is 9.47 Å². The number of nitrogens with zero attached hydrogens (tertiary/aromatic N) is 5. The van der Waals surface area contributed by atoms with E-state index in [1.165, 1.54) is 5.56 Å². The van der Waals surface area contributed by atoms with Gasteiger partial charge in [0.15, 0.2) is 0 Å². The van der Waals surface area contributed by atoms with Gasteiger partial charge in [-0.1, -0.05) is 25.1 Å². The molecule has 1 aromatic heterocycles. The minimum Gasteiger partial charge on any atom is -0.313 e. The Morgan fingerprint density at radius 1 is 1.21 bits per heavy atom. The zero-order valence-electron chi connectivity index (χ0n) is 14.3. The molecule has 2 aromatic rings. The molecule has 1 amide bonds. The summed E-state index contributed by atoms with van der Waals surface area (Å²) in [5.41, 5.74) is 2.34. The maximum absolute atomic E-state index is 13.0. The molecule has 1 unspecified atom stereocenters. The number of para-hydroxylation sites is 1. The normalized spacial score (nSPS) is 18.3. The fraction of sp³-hybridized carbons (Fsp3) is 0.500. The molecule has 0 bridgehead atoms. The fourth-order valence-electron chi connectivity index (χ4n) is 3.78. The lowest BCUT2D eigenvalue weighted by molar-refractivity contribution is -0.123. The SMILES string of the molecule is CCc1nnc2n1CCN(C(C)C(=O)N1CCc3ccccc31)C2. The van der Waals surface area contributed by atoms with Crippen LogP contribution < -0.4 is 4.90 Å². The van der Waals surface area contributed by atoms with Crippen LogP contribution in [0.25, 0.3) is 0 Å². The number of aromatic nitrogens is 3. The predicted octanol–water partition coefficient (Wildman–Crippen LogP) is 1.63. The first-order valence-electron chi connectivity index (χ1n) is 8.73. The molecule has 2 aliphatic heterocycles. The maximum atomic E-state index is 13.0. The molecule has 1 aromatic carbocycles. The van der Waals surface area contributed by atoms with Gasteiger partial charge in [-0.25, -0.2) is 0 Å². The number of hydrogen-bond donors (Lipinski definition) is 0. The summed E-state index contributed by atoms with van der Waals surface area (Å²) in [5.74, 6) is 2.19. The molecule has 0 aliphatic carbocycles. The van der Waals surface area contributed by atoms with E-state index in [2.05, 4.69) is 32.7 Å². The van der Waals surface area contributed by atoms with Gasteiger partial charge in [-0.05, 0) is 25.0 Å². The fourth-order valence-corrected chi connectivity index (χ4v) is 3.78. The Hall–Kier alpha value is -2.21. The van der Waals surface area contributed by atoms with Crippen molar-refractivity contribution < 1.29 is 4.79 Å². The highest BCUT2D eigenvalue weighted by Gasteiger charge is 2.33. The Morgan fingerprint density at radius 2 is 2.04 bits per heavy atom. The Balaban J connectivity index is 1.50. The number of hydrogen-bond acceptors (Lipinski definition) is 4. The average molecular weight is 325 g/mol. The van der Waals surface area contributed by atoms with E-state index in [1.54, 1.807) is 0 Å². The summed E-state index contributed by atoms with van der Waals surface area (Å²) in [4.78, 5) is 17.2. The summed E-state index contributed by atoms with van der Waals surface area (Å²) >= 11 is 0. The molecule has 0 radical (unpaired) electrons. The summed E-state index contributed by atoms with van der Waals surface area (Å²) in [6.07, 6.45) is 1.84. The van der Waals surface area contributed by atoms with Crippen LogP contribution in [0.4, 0.5) is 5.69 Å². The Bertz CT molecular complexity index is 769. The van der Waals surface area contributed by atoms with Crippen LogP contribution in [0.3, 0.4) is 0 Å². The van der Waals surface area contributed by atoms with Crippen molar-refractivity contribution in [2.75, 3.05) is 18.0 Å². The van der Waals surface area contributed by atoms with Crippen molar-refractivity contribution in [3.63, 3.8) is 0 Å². The van der Waals surface area contributed by atoms with Gasteiger partial charge in [0.05, 0.1) is 12.6 Å². The lowest BCUT2D eigenvalue weighted by Gasteiger charge is -2.34. The van der Waals surface area contributed by atoms with Crippen LogP contribution >= 0.6 is 0 Å². The van der Waals surface area contributed by atoms with Crippen LogP contribution in [0.15, 0.2) is 24.3 Å². The first-order valence-corrected chi connectivity index (χ1v) is 8.73. The van der Waals surface area contributed by atoms with Crippen molar-refractivity contribution in [1.29, 1.82) is 0 Å². The van der Waals surface area contributed by atoms with E-state index in [0.717, 1.165) is 49.8 Å². The monoisotopic (exact) mass is 325 g/mol. The summed E-state index contributed by atoms with van der Waals surface area (Å²) in [5, 5.41) is 8.55. The van der Waals surface area contributed by atoms with Crippen LogP contribution in [0, 0.1) is 0 Å². The van der Waals surface area contributed by atoms with E-state index in [1.807, 2.05) is 30.0 Å². The second kappa shape index (κ2) is 6.02. The first-order chi connectivity index (χ1) is 11.7. The lowest BCUT2D eigenvalue weighted by atomic mass is 10.1. The van der Waals surface area contributed by atoms with Crippen molar-refractivity contribution >= 4 is 11.6 Å². The van der Waals surface area contributed by atoms with Crippen LogP contribution in [-0.2, 0) is 30.7 Å². The number of fused-ring (bicyclic) bond motifs is 2. The quantitative estimate of drug-likeness (QED) is 0.861. The predicted molar refractivity (Wildman–Crippen MR) is 91.8 cm³/mol. The van der Waals surface area contributed by atoms with Gasteiger partial charge in [-0.3, -0.25) is 9.69 Å². The molecule has 6 nitrogen and oxygen atoms in total. The van der Waals surface area contributed by atoms with Gasteiger partial charge in [0.1, 0.15) is 11.6 Å². The van der Waals surface area contributed by atoms with Gasteiger partial charge in [0.25, 0.3) is 0 Å². The number of benzene rings is 1.